The normalized spacial score (nSPS) is 21.9. The third kappa shape index (κ3) is 4.35. The summed E-state index contributed by atoms with van der Waals surface area (Å²) in [4.78, 5) is 14.6. The monoisotopic (exact) mass is 329 g/mol. The van der Waals surface area contributed by atoms with Crippen molar-refractivity contribution in [2.45, 2.75) is 33.1 Å². The lowest BCUT2D eigenvalue weighted by atomic mass is 9.92. The van der Waals surface area contributed by atoms with Crippen LogP contribution in [0.25, 0.3) is 11.0 Å². The maximum absolute atomic E-state index is 12.1. The molecule has 1 amide bonds. The molecule has 5 heteroatoms. The summed E-state index contributed by atoms with van der Waals surface area (Å²) < 4.78 is 5.24. The van der Waals surface area contributed by atoms with Gasteiger partial charge < -0.3 is 14.7 Å². The Morgan fingerprint density at radius 1 is 1.29 bits per heavy atom. The van der Waals surface area contributed by atoms with Crippen LogP contribution in [0.5, 0.6) is 0 Å². The maximum atomic E-state index is 12.1. The highest BCUT2D eigenvalue weighted by Crippen LogP contribution is 2.21. The number of hydrogen-bond acceptors (Lipinski definition) is 4. The molecular formula is C19H27N3O2. The van der Waals surface area contributed by atoms with Crippen molar-refractivity contribution in [1.82, 2.24) is 15.4 Å². The summed E-state index contributed by atoms with van der Waals surface area (Å²) in [6.45, 7) is 8.79. The molecule has 0 unspecified atom stereocenters. The Labute approximate surface area is 143 Å². The van der Waals surface area contributed by atoms with E-state index in [9.17, 15) is 4.79 Å². The zero-order valence-electron chi connectivity index (χ0n) is 14.6. The predicted octanol–water partition coefficient (Wildman–Crippen LogP) is 2.85. The summed E-state index contributed by atoms with van der Waals surface area (Å²) in [5.74, 6) is 1.57. The van der Waals surface area contributed by atoms with Crippen LogP contribution in [0.1, 0.15) is 32.4 Å². The smallest absolute Gasteiger partial charge is 0.226 e. The topological polar surface area (TPSA) is 58.4 Å². The van der Waals surface area contributed by atoms with Crippen LogP contribution in [0.15, 0.2) is 28.8 Å². The Morgan fingerprint density at radius 3 is 2.83 bits per heavy atom. The second kappa shape index (κ2) is 7.79. The Hall–Kier alpha value is -1.88. The summed E-state index contributed by atoms with van der Waals surface area (Å²) in [5.41, 5.74) is 1.44. The lowest BCUT2D eigenvalue weighted by Crippen LogP contribution is -2.40. The lowest BCUT2D eigenvalue weighted by molar-refractivity contribution is -0.120. The van der Waals surface area contributed by atoms with Crippen molar-refractivity contribution >= 4 is 16.9 Å². The molecule has 0 spiro atoms. The van der Waals surface area contributed by atoms with E-state index in [4.69, 9.17) is 4.52 Å². The van der Waals surface area contributed by atoms with Gasteiger partial charge in [-0.1, -0.05) is 31.1 Å². The Morgan fingerprint density at radius 2 is 2.04 bits per heavy atom. The van der Waals surface area contributed by atoms with Crippen molar-refractivity contribution in [3.63, 3.8) is 0 Å². The van der Waals surface area contributed by atoms with Gasteiger partial charge in [-0.25, -0.2) is 0 Å². The first-order valence-corrected chi connectivity index (χ1v) is 8.94. The van der Waals surface area contributed by atoms with Crippen LogP contribution in [-0.4, -0.2) is 42.1 Å². The van der Waals surface area contributed by atoms with Crippen molar-refractivity contribution in [2.24, 2.45) is 11.8 Å². The fourth-order valence-electron chi connectivity index (χ4n) is 3.79. The van der Waals surface area contributed by atoms with Crippen molar-refractivity contribution < 1.29 is 9.32 Å². The molecule has 0 saturated carbocycles. The van der Waals surface area contributed by atoms with E-state index in [1.807, 2.05) is 24.3 Å². The van der Waals surface area contributed by atoms with E-state index in [0.717, 1.165) is 35.8 Å². The van der Waals surface area contributed by atoms with Gasteiger partial charge in [-0.3, -0.25) is 4.79 Å². The number of benzene rings is 1. The lowest BCUT2D eigenvalue weighted by Gasteiger charge is -2.34. The van der Waals surface area contributed by atoms with Gasteiger partial charge in [0.2, 0.25) is 5.91 Å². The molecule has 0 aliphatic carbocycles. The van der Waals surface area contributed by atoms with Gasteiger partial charge in [0.25, 0.3) is 0 Å². The van der Waals surface area contributed by atoms with Crippen LogP contribution in [0.3, 0.4) is 0 Å². The highest BCUT2D eigenvalue weighted by atomic mass is 16.5. The predicted molar refractivity (Wildman–Crippen MR) is 94.7 cm³/mol. The van der Waals surface area contributed by atoms with Crippen LogP contribution < -0.4 is 5.32 Å². The minimum absolute atomic E-state index is 0.00873. The highest BCUT2D eigenvalue weighted by Gasteiger charge is 2.21. The minimum Gasteiger partial charge on any atom is -0.356 e. The van der Waals surface area contributed by atoms with Gasteiger partial charge in [0.15, 0.2) is 5.58 Å². The van der Waals surface area contributed by atoms with Crippen molar-refractivity contribution in [2.75, 3.05) is 26.2 Å². The molecule has 0 bridgehead atoms. The highest BCUT2D eigenvalue weighted by molar-refractivity contribution is 5.86. The Bertz CT molecular complexity index is 672. The van der Waals surface area contributed by atoms with Gasteiger partial charge >= 0.3 is 0 Å². The standard InChI is InChI=1S/C19H27N3O2/c1-14-10-15(2)13-22(12-14)9-5-8-20-19(23)11-17-16-6-3-4-7-18(16)24-21-17/h3-4,6-7,14-15H,5,8-13H2,1-2H3,(H,20,23)/t14-,15+. The molecule has 1 saturated heterocycles. The minimum atomic E-state index is 0.00873. The van der Waals surface area contributed by atoms with Gasteiger partial charge in [0, 0.05) is 25.0 Å². The average molecular weight is 329 g/mol. The maximum Gasteiger partial charge on any atom is 0.226 e. The number of carbonyl (C=O) groups is 1. The van der Waals surface area contributed by atoms with E-state index in [0.29, 0.717) is 12.2 Å². The summed E-state index contributed by atoms with van der Waals surface area (Å²) in [6, 6.07) is 7.64. The molecule has 2 heterocycles. The van der Waals surface area contributed by atoms with Crippen LogP contribution in [-0.2, 0) is 11.2 Å². The van der Waals surface area contributed by atoms with Crippen molar-refractivity contribution in [1.29, 1.82) is 0 Å². The van der Waals surface area contributed by atoms with Crippen LogP contribution in [0.4, 0.5) is 0 Å². The quantitative estimate of drug-likeness (QED) is 0.828. The number of para-hydroxylation sites is 1. The Kier molecular flexibility index (Phi) is 5.51. The van der Waals surface area contributed by atoms with Crippen LogP contribution in [0, 0.1) is 11.8 Å². The first kappa shape index (κ1) is 17.0. The molecule has 1 aliphatic rings. The van der Waals surface area contributed by atoms with E-state index in [1.165, 1.54) is 19.5 Å². The fraction of sp³-hybridized carbons (Fsp3) is 0.579. The summed E-state index contributed by atoms with van der Waals surface area (Å²) >= 11 is 0. The zero-order valence-corrected chi connectivity index (χ0v) is 14.6. The molecule has 0 radical (unpaired) electrons. The van der Waals surface area contributed by atoms with E-state index < -0.39 is 0 Å². The second-order valence-corrected chi connectivity index (χ2v) is 7.21. The van der Waals surface area contributed by atoms with Gasteiger partial charge in [0.05, 0.1) is 6.42 Å². The largest absolute Gasteiger partial charge is 0.356 e. The average Bonchev–Trinajstić information content (AvgIpc) is 2.94. The SMILES string of the molecule is C[C@@H]1C[C@H](C)CN(CCCNC(=O)Cc2noc3ccccc23)C1. The summed E-state index contributed by atoms with van der Waals surface area (Å²) in [6.07, 6.45) is 2.60. The number of rotatable bonds is 6. The second-order valence-electron chi connectivity index (χ2n) is 7.21. The molecule has 1 N–H and O–H groups in total. The van der Waals surface area contributed by atoms with E-state index in [2.05, 4.69) is 29.2 Å². The third-order valence-electron chi connectivity index (χ3n) is 4.70. The first-order valence-electron chi connectivity index (χ1n) is 8.94. The van der Waals surface area contributed by atoms with E-state index >= 15 is 0 Å². The molecule has 1 aliphatic heterocycles. The van der Waals surface area contributed by atoms with Gasteiger partial charge in [-0.2, -0.15) is 0 Å². The molecule has 1 aromatic heterocycles. The molecule has 2 aromatic rings. The molecular weight excluding hydrogens is 302 g/mol. The van der Waals surface area contributed by atoms with E-state index in [-0.39, 0.29) is 12.3 Å². The van der Waals surface area contributed by atoms with Crippen molar-refractivity contribution in [3.05, 3.63) is 30.0 Å². The van der Waals surface area contributed by atoms with Gasteiger partial charge in [-0.15, -0.1) is 0 Å². The van der Waals surface area contributed by atoms with Gasteiger partial charge in [0.1, 0.15) is 5.69 Å². The van der Waals surface area contributed by atoms with Crippen LogP contribution >= 0.6 is 0 Å². The van der Waals surface area contributed by atoms with Gasteiger partial charge in [-0.05, 0) is 43.4 Å². The number of amides is 1. The number of likely N-dealkylation sites (tertiary alicyclic amines) is 1. The molecule has 24 heavy (non-hydrogen) atoms. The van der Waals surface area contributed by atoms with Crippen LogP contribution in [0.2, 0.25) is 0 Å². The molecule has 3 rings (SSSR count). The molecule has 5 nitrogen and oxygen atoms in total. The van der Waals surface area contributed by atoms with Crippen molar-refractivity contribution in [3.8, 4) is 0 Å². The molecule has 130 valence electrons. The number of nitrogens with one attached hydrogen (secondary N) is 1. The number of nitrogens with zero attached hydrogens (tertiary/aromatic N) is 2. The molecule has 1 fully saturated rings. The number of piperidine rings is 1. The number of fused-ring (bicyclic) bond motifs is 1. The fourth-order valence-corrected chi connectivity index (χ4v) is 3.79. The molecule has 1 aromatic carbocycles. The van der Waals surface area contributed by atoms with E-state index in [1.54, 1.807) is 0 Å². The number of aromatic nitrogens is 1. The summed E-state index contributed by atoms with van der Waals surface area (Å²) in [7, 11) is 0. The zero-order chi connectivity index (χ0) is 16.9. The Balaban J connectivity index is 1.40. The first-order chi connectivity index (χ1) is 11.6. The number of carbonyl (C=O) groups excluding carboxylic acids is 1. The molecule has 2 atom stereocenters. The third-order valence-corrected chi connectivity index (χ3v) is 4.70. The number of hydrogen-bond donors (Lipinski definition) is 1. The summed E-state index contributed by atoms with van der Waals surface area (Å²) in [5, 5.41) is 7.93.